The summed E-state index contributed by atoms with van der Waals surface area (Å²) in [5.41, 5.74) is 1.32. The van der Waals surface area contributed by atoms with E-state index >= 15 is 0 Å². The number of ether oxygens (including phenoxy) is 1. The van der Waals surface area contributed by atoms with E-state index < -0.39 is 5.91 Å². The molecule has 0 aliphatic carbocycles. The van der Waals surface area contributed by atoms with E-state index in [1.807, 2.05) is 30.3 Å². The summed E-state index contributed by atoms with van der Waals surface area (Å²) in [6.45, 7) is 6.82. The van der Waals surface area contributed by atoms with Gasteiger partial charge in [-0.15, -0.1) is 0 Å². The molecule has 144 valence electrons. The minimum atomic E-state index is -0.414. The molecule has 0 aliphatic heterocycles. The Morgan fingerprint density at radius 1 is 1.21 bits per heavy atom. The molecule has 2 heterocycles. The smallest absolute Gasteiger partial charge is 0.292 e. The van der Waals surface area contributed by atoms with Gasteiger partial charge in [0.25, 0.3) is 5.91 Å². The van der Waals surface area contributed by atoms with E-state index in [0.717, 1.165) is 5.75 Å². The minimum Gasteiger partial charge on any atom is -0.486 e. The molecule has 0 saturated carbocycles. The van der Waals surface area contributed by atoms with E-state index in [0.29, 0.717) is 11.6 Å². The number of aromatic nitrogens is 2. The highest BCUT2D eigenvalue weighted by atomic mass is 16.5. The maximum absolute atomic E-state index is 12.2. The predicted octanol–water partition coefficient (Wildman–Crippen LogP) is 4.13. The zero-order valence-corrected chi connectivity index (χ0v) is 16.1. The lowest BCUT2D eigenvalue weighted by Gasteiger charge is -2.19. The molecule has 0 spiro atoms. The van der Waals surface area contributed by atoms with Crippen molar-refractivity contribution < 1.29 is 13.9 Å². The first-order chi connectivity index (χ1) is 13.3. The Morgan fingerprint density at radius 2 is 1.96 bits per heavy atom. The third-order valence-electron chi connectivity index (χ3n) is 4.10. The molecule has 1 aromatic carbocycles. The second-order valence-electron chi connectivity index (χ2n) is 7.34. The van der Waals surface area contributed by atoms with Crippen LogP contribution in [0, 0.1) is 11.3 Å². The molecule has 3 rings (SSSR count). The Kier molecular flexibility index (Phi) is 5.50. The third kappa shape index (κ3) is 4.80. The Balaban J connectivity index is 1.56. The van der Waals surface area contributed by atoms with Crippen LogP contribution in [0.5, 0.6) is 5.75 Å². The maximum atomic E-state index is 12.2. The quantitative estimate of drug-likeness (QED) is 0.696. The van der Waals surface area contributed by atoms with Gasteiger partial charge in [-0.25, -0.2) is 0 Å². The van der Waals surface area contributed by atoms with E-state index in [2.05, 4.69) is 31.2 Å². The number of carbonyl (C=O) groups is 1. The van der Waals surface area contributed by atoms with Gasteiger partial charge in [-0.2, -0.15) is 10.4 Å². The van der Waals surface area contributed by atoms with Crippen molar-refractivity contribution in [1.29, 1.82) is 5.26 Å². The fraction of sp³-hybridized carbons (Fsp3) is 0.286. The zero-order chi connectivity index (χ0) is 20.1. The molecule has 1 N–H and O–H groups in total. The molecule has 0 atom stereocenters. The van der Waals surface area contributed by atoms with E-state index in [1.165, 1.54) is 10.2 Å². The molecule has 7 nitrogen and oxygen atoms in total. The van der Waals surface area contributed by atoms with Crippen LogP contribution in [0.3, 0.4) is 0 Å². The van der Waals surface area contributed by atoms with Gasteiger partial charge in [-0.05, 0) is 35.2 Å². The number of hydrogen-bond acceptors (Lipinski definition) is 5. The van der Waals surface area contributed by atoms with Crippen LogP contribution in [-0.4, -0.2) is 15.7 Å². The van der Waals surface area contributed by atoms with Crippen molar-refractivity contribution in [3.05, 3.63) is 65.7 Å². The van der Waals surface area contributed by atoms with Gasteiger partial charge in [0.1, 0.15) is 24.7 Å². The SMILES string of the molecule is CC(C)(C)c1ccc(OCc2ccc(C(=O)Nc3ccn(CC#N)n3)o2)cc1. The molecule has 0 radical (unpaired) electrons. The van der Waals surface area contributed by atoms with E-state index in [9.17, 15) is 4.79 Å². The Morgan fingerprint density at radius 3 is 2.64 bits per heavy atom. The number of amides is 1. The van der Waals surface area contributed by atoms with Crippen molar-refractivity contribution in [1.82, 2.24) is 9.78 Å². The van der Waals surface area contributed by atoms with Crippen molar-refractivity contribution in [2.75, 3.05) is 5.32 Å². The highest BCUT2D eigenvalue weighted by Crippen LogP contribution is 2.24. The lowest BCUT2D eigenvalue weighted by molar-refractivity contribution is 0.0992. The van der Waals surface area contributed by atoms with E-state index in [4.69, 9.17) is 14.4 Å². The van der Waals surface area contributed by atoms with Crippen LogP contribution in [0.15, 0.2) is 53.1 Å². The summed E-state index contributed by atoms with van der Waals surface area (Å²) in [5.74, 6) is 1.38. The number of anilines is 1. The van der Waals surface area contributed by atoms with Crippen LogP contribution in [0.4, 0.5) is 5.82 Å². The lowest BCUT2D eigenvalue weighted by Crippen LogP contribution is -2.12. The van der Waals surface area contributed by atoms with E-state index in [1.54, 1.807) is 24.4 Å². The summed E-state index contributed by atoms with van der Waals surface area (Å²) in [6.07, 6.45) is 1.62. The monoisotopic (exact) mass is 378 g/mol. The average molecular weight is 378 g/mol. The van der Waals surface area contributed by atoms with Crippen molar-refractivity contribution in [2.24, 2.45) is 0 Å². The van der Waals surface area contributed by atoms with Crippen molar-refractivity contribution in [3.63, 3.8) is 0 Å². The van der Waals surface area contributed by atoms with Gasteiger partial charge in [0, 0.05) is 12.3 Å². The standard InChI is InChI=1S/C21H22N4O3/c1-21(2,3)15-4-6-16(7-5-15)27-14-17-8-9-18(28-17)20(26)23-19-10-12-25(24-19)13-11-22/h4-10,12H,13-14H2,1-3H3,(H,23,24,26). The van der Waals surface area contributed by atoms with Gasteiger partial charge in [-0.3, -0.25) is 9.48 Å². The first kappa shape index (κ1) is 19.2. The Hall–Kier alpha value is -3.53. The minimum absolute atomic E-state index is 0.0895. The molecular formula is C21H22N4O3. The number of hydrogen-bond donors (Lipinski definition) is 1. The lowest BCUT2D eigenvalue weighted by atomic mass is 9.87. The predicted molar refractivity (Wildman–Crippen MR) is 104 cm³/mol. The topological polar surface area (TPSA) is 93.1 Å². The van der Waals surface area contributed by atoms with Gasteiger partial charge in [0.2, 0.25) is 0 Å². The number of nitriles is 1. The zero-order valence-electron chi connectivity index (χ0n) is 16.1. The Bertz CT molecular complexity index is 988. The third-order valence-corrected chi connectivity index (χ3v) is 4.10. The summed E-state index contributed by atoms with van der Waals surface area (Å²) in [6, 6.07) is 14.8. The number of nitrogens with one attached hydrogen (secondary N) is 1. The first-order valence-corrected chi connectivity index (χ1v) is 8.89. The van der Waals surface area contributed by atoms with Crippen molar-refractivity contribution in [3.8, 4) is 11.8 Å². The van der Waals surface area contributed by atoms with Crippen LogP contribution in [0.2, 0.25) is 0 Å². The molecular weight excluding hydrogens is 356 g/mol. The fourth-order valence-electron chi connectivity index (χ4n) is 2.55. The fourth-order valence-corrected chi connectivity index (χ4v) is 2.55. The largest absolute Gasteiger partial charge is 0.486 e. The van der Waals surface area contributed by atoms with Crippen LogP contribution in [-0.2, 0) is 18.6 Å². The second-order valence-corrected chi connectivity index (χ2v) is 7.34. The Labute approximate surface area is 163 Å². The van der Waals surface area contributed by atoms with Crippen LogP contribution in [0.1, 0.15) is 42.6 Å². The molecule has 28 heavy (non-hydrogen) atoms. The van der Waals surface area contributed by atoms with Crippen LogP contribution < -0.4 is 10.1 Å². The molecule has 0 unspecified atom stereocenters. The number of benzene rings is 1. The molecule has 3 aromatic rings. The summed E-state index contributed by atoms with van der Waals surface area (Å²) in [7, 11) is 0. The van der Waals surface area contributed by atoms with Crippen molar-refractivity contribution >= 4 is 11.7 Å². The van der Waals surface area contributed by atoms with Gasteiger partial charge in [-0.1, -0.05) is 32.9 Å². The van der Waals surface area contributed by atoms with Crippen LogP contribution in [0.25, 0.3) is 0 Å². The van der Waals surface area contributed by atoms with Gasteiger partial charge >= 0.3 is 0 Å². The van der Waals surface area contributed by atoms with Gasteiger partial charge < -0.3 is 14.5 Å². The molecule has 0 bridgehead atoms. The molecule has 0 aliphatic rings. The molecule has 7 heteroatoms. The molecule has 2 aromatic heterocycles. The normalized spacial score (nSPS) is 11.1. The van der Waals surface area contributed by atoms with Gasteiger partial charge in [0.15, 0.2) is 11.6 Å². The second kappa shape index (κ2) is 8.01. The summed E-state index contributed by atoms with van der Waals surface area (Å²) >= 11 is 0. The number of rotatable bonds is 6. The summed E-state index contributed by atoms with van der Waals surface area (Å²) in [5, 5.41) is 15.3. The van der Waals surface area contributed by atoms with Crippen LogP contribution >= 0.6 is 0 Å². The average Bonchev–Trinajstić information content (AvgIpc) is 3.29. The highest BCUT2D eigenvalue weighted by Gasteiger charge is 2.14. The maximum Gasteiger partial charge on any atom is 0.292 e. The van der Waals surface area contributed by atoms with Gasteiger partial charge in [0.05, 0.1) is 6.07 Å². The number of carbonyl (C=O) groups excluding carboxylic acids is 1. The first-order valence-electron chi connectivity index (χ1n) is 8.89. The number of furan rings is 1. The highest BCUT2D eigenvalue weighted by molar-refractivity contribution is 6.01. The molecule has 0 fully saturated rings. The van der Waals surface area contributed by atoms with E-state index in [-0.39, 0.29) is 24.3 Å². The molecule has 0 saturated heterocycles. The number of nitrogens with zero attached hydrogens (tertiary/aromatic N) is 3. The summed E-state index contributed by atoms with van der Waals surface area (Å²) in [4.78, 5) is 12.2. The molecule has 1 amide bonds. The summed E-state index contributed by atoms with van der Waals surface area (Å²) < 4.78 is 12.7. The van der Waals surface area contributed by atoms with Crippen molar-refractivity contribution in [2.45, 2.75) is 39.3 Å².